The average Bonchev–Trinajstić information content (AvgIpc) is 2.79. The maximum absolute atomic E-state index is 13.4. The second-order valence-electron chi connectivity index (χ2n) is 9.09. The van der Waals surface area contributed by atoms with Crippen molar-refractivity contribution in [2.75, 3.05) is 25.0 Å². The van der Waals surface area contributed by atoms with Gasteiger partial charge in [0.05, 0.1) is 16.4 Å². The molecule has 3 aliphatic rings. The van der Waals surface area contributed by atoms with Crippen LogP contribution >= 0.6 is 15.9 Å². The number of hydrogen-bond donors (Lipinski definition) is 1. The van der Waals surface area contributed by atoms with Gasteiger partial charge in [0.25, 0.3) is 12.0 Å². The van der Waals surface area contributed by atoms with E-state index < -0.39 is 11.4 Å². The fraction of sp³-hybridized carbons (Fsp3) is 0.458. The molecule has 1 unspecified atom stereocenters. The molecule has 1 N–H and O–H groups in total. The van der Waals surface area contributed by atoms with Crippen molar-refractivity contribution in [3.63, 3.8) is 0 Å². The molecule has 3 aliphatic heterocycles. The first-order valence-electron chi connectivity index (χ1n) is 11.2. The normalized spacial score (nSPS) is 23.3. The first-order valence-corrected chi connectivity index (χ1v) is 12.1. The number of nitrogens with one attached hydrogen (secondary N) is 1. The van der Waals surface area contributed by atoms with Crippen molar-refractivity contribution in [2.45, 2.75) is 50.0 Å². The van der Waals surface area contributed by atoms with Crippen LogP contribution in [0.25, 0.3) is 10.9 Å². The summed E-state index contributed by atoms with van der Waals surface area (Å²) in [4.78, 5) is 24.2. The molecule has 0 aliphatic carbocycles. The van der Waals surface area contributed by atoms with Gasteiger partial charge in [0.2, 0.25) is 0 Å². The Balaban J connectivity index is 1.57. The maximum atomic E-state index is 13.4. The topological polar surface area (TPSA) is 63.1 Å². The highest BCUT2D eigenvalue weighted by Crippen LogP contribution is 2.39. The summed E-state index contributed by atoms with van der Waals surface area (Å²) in [5.74, 6) is 1.10. The minimum absolute atomic E-state index is 0.0130. The van der Waals surface area contributed by atoms with Gasteiger partial charge in [-0.05, 0) is 44.2 Å². The molecule has 0 amide bonds. The second-order valence-corrected chi connectivity index (χ2v) is 10.0. The number of benzene rings is 1. The van der Waals surface area contributed by atoms with E-state index in [4.69, 9.17) is 0 Å². The van der Waals surface area contributed by atoms with E-state index in [0.29, 0.717) is 28.3 Å². The monoisotopic (exact) mass is 517 g/mol. The summed E-state index contributed by atoms with van der Waals surface area (Å²) in [7, 11) is 0. The van der Waals surface area contributed by atoms with Crippen molar-refractivity contribution in [1.82, 2.24) is 19.4 Å². The zero-order chi connectivity index (χ0) is 23.3. The third-order valence-corrected chi connectivity index (χ3v) is 7.95. The second kappa shape index (κ2) is 8.43. The van der Waals surface area contributed by atoms with E-state index in [2.05, 4.69) is 36.1 Å². The fourth-order valence-corrected chi connectivity index (χ4v) is 5.96. The largest absolute Gasteiger partial charge is 0.353 e. The molecule has 6 rings (SSSR count). The van der Waals surface area contributed by atoms with E-state index in [9.17, 15) is 13.6 Å². The number of nitrogens with zero attached hydrogens (tertiary/aromatic N) is 4. The Kier molecular flexibility index (Phi) is 5.73. The lowest BCUT2D eigenvalue weighted by molar-refractivity contribution is 0.0329. The van der Waals surface area contributed by atoms with Gasteiger partial charge in [-0.1, -0.05) is 34.1 Å². The summed E-state index contributed by atoms with van der Waals surface area (Å²) in [6, 6.07) is 6.49. The molecule has 0 saturated carbocycles. The standard InChI is InChI=1S/C24H26BrF2N5O/c1-14-16(4-3-5-17(14)22(26)27)21(25)30-23-18-13-32(20(33)12-19(18)28-15(2)29-23)24-6-9-31(10-7-24)11-8-24/h3-5,12-13,21-22H,6-11H2,1-2H3,(H,28,29,30). The van der Waals surface area contributed by atoms with Crippen molar-refractivity contribution in [2.24, 2.45) is 0 Å². The summed E-state index contributed by atoms with van der Waals surface area (Å²) in [6.07, 6.45) is 2.21. The average molecular weight is 518 g/mol. The van der Waals surface area contributed by atoms with Crippen LogP contribution in [0.5, 0.6) is 0 Å². The predicted octanol–water partition coefficient (Wildman–Crippen LogP) is 5.05. The molecule has 1 atom stereocenters. The Morgan fingerprint density at radius 2 is 1.76 bits per heavy atom. The van der Waals surface area contributed by atoms with Crippen molar-refractivity contribution in [3.8, 4) is 0 Å². The lowest BCUT2D eigenvalue weighted by Crippen LogP contribution is -2.55. The van der Waals surface area contributed by atoms with Gasteiger partial charge in [0.15, 0.2) is 0 Å². The summed E-state index contributed by atoms with van der Waals surface area (Å²) in [5, 5.41) is 4.08. The highest BCUT2D eigenvalue weighted by atomic mass is 79.9. The van der Waals surface area contributed by atoms with Crippen LogP contribution in [0.15, 0.2) is 35.3 Å². The zero-order valence-electron chi connectivity index (χ0n) is 18.6. The number of halogens is 3. The highest BCUT2D eigenvalue weighted by molar-refractivity contribution is 9.09. The summed E-state index contributed by atoms with van der Waals surface area (Å²) in [6.45, 7) is 6.48. The summed E-state index contributed by atoms with van der Waals surface area (Å²) in [5.41, 5.74) is 1.62. The first kappa shape index (κ1) is 22.4. The third kappa shape index (κ3) is 3.95. The first-order chi connectivity index (χ1) is 15.8. The number of aromatic nitrogens is 3. The van der Waals surface area contributed by atoms with Crippen LogP contribution < -0.4 is 10.9 Å². The molecule has 174 valence electrons. The molecule has 2 bridgehead atoms. The van der Waals surface area contributed by atoms with Gasteiger partial charge in [0.1, 0.15) is 16.6 Å². The number of pyridine rings is 1. The molecule has 9 heteroatoms. The Labute approximate surface area is 199 Å². The number of rotatable bonds is 5. The molecule has 1 aromatic carbocycles. The Morgan fingerprint density at radius 3 is 2.42 bits per heavy atom. The highest BCUT2D eigenvalue weighted by Gasteiger charge is 2.41. The number of anilines is 1. The van der Waals surface area contributed by atoms with Crippen LogP contribution in [0.4, 0.5) is 14.6 Å². The van der Waals surface area contributed by atoms with Crippen molar-refractivity contribution < 1.29 is 8.78 Å². The number of fused-ring (bicyclic) bond motifs is 4. The minimum atomic E-state index is -2.54. The fourth-order valence-electron chi connectivity index (χ4n) is 5.25. The third-order valence-electron chi connectivity index (χ3n) is 7.22. The van der Waals surface area contributed by atoms with Crippen molar-refractivity contribution in [3.05, 3.63) is 63.3 Å². The smallest absolute Gasteiger partial charge is 0.264 e. The molecule has 0 spiro atoms. The zero-order valence-corrected chi connectivity index (χ0v) is 20.2. The molecule has 3 fully saturated rings. The predicted molar refractivity (Wildman–Crippen MR) is 128 cm³/mol. The summed E-state index contributed by atoms with van der Waals surface area (Å²) >= 11 is 3.62. The molecular weight excluding hydrogens is 492 g/mol. The lowest BCUT2D eigenvalue weighted by atomic mass is 9.79. The molecule has 3 aromatic rings. The van der Waals surface area contributed by atoms with Gasteiger partial charge in [-0.3, -0.25) is 4.79 Å². The van der Waals surface area contributed by atoms with E-state index >= 15 is 0 Å². The van der Waals surface area contributed by atoms with Crippen LogP contribution in [-0.4, -0.2) is 39.1 Å². The SMILES string of the molecule is Cc1nc(NC(Br)c2cccc(C(F)F)c2C)c2cn(C34CCN(CC3)CC4)c(=O)cc2n1. The van der Waals surface area contributed by atoms with E-state index in [1.54, 1.807) is 26.0 Å². The van der Waals surface area contributed by atoms with E-state index in [0.717, 1.165) is 44.3 Å². The molecule has 0 radical (unpaired) electrons. The Morgan fingerprint density at radius 1 is 1.09 bits per heavy atom. The molecule has 6 nitrogen and oxygen atoms in total. The van der Waals surface area contributed by atoms with E-state index in [1.165, 1.54) is 6.07 Å². The number of piperidine rings is 3. The Bertz CT molecular complexity index is 1260. The van der Waals surface area contributed by atoms with Crippen LogP contribution in [0, 0.1) is 13.8 Å². The molecule has 33 heavy (non-hydrogen) atoms. The van der Waals surface area contributed by atoms with Crippen LogP contribution in [0.3, 0.4) is 0 Å². The minimum Gasteiger partial charge on any atom is -0.353 e. The molecule has 5 heterocycles. The van der Waals surface area contributed by atoms with Gasteiger partial charge in [-0.2, -0.15) is 0 Å². The van der Waals surface area contributed by atoms with Gasteiger partial charge < -0.3 is 14.8 Å². The van der Waals surface area contributed by atoms with Crippen LogP contribution in [-0.2, 0) is 5.54 Å². The summed E-state index contributed by atoms with van der Waals surface area (Å²) < 4.78 is 28.7. The Hall–Kier alpha value is -2.39. The van der Waals surface area contributed by atoms with Crippen LogP contribution in [0.2, 0.25) is 0 Å². The van der Waals surface area contributed by atoms with E-state index in [1.807, 2.05) is 16.8 Å². The quantitative estimate of drug-likeness (QED) is 0.379. The number of hydrogen-bond acceptors (Lipinski definition) is 5. The van der Waals surface area contributed by atoms with Crippen molar-refractivity contribution >= 4 is 32.7 Å². The van der Waals surface area contributed by atoms with Gasteiger partial charge in [-0.25, -0.2) is 18.7 Å². The van der Waals surface area contributed by atoms with Crippen molar-refractivity contribution in [1.29, 1.82) is 0 Å². The molecule has 3 saturated heterocycles. The van der Waals surface area contributed by atoms with Gasteiger partial charge in [-0.15, -0.1) is 0 Å². The van der Waals surface area contributed by atoms with Gasteiger partial charge in [0, 0.05) is 37.5 Å². The van der Waals surface area contributed by atoms with E-state index in [-0.39, 0.29) is 16.7 Å². The molecular formula is C24H26BrF2N5O. The maximum Gasteiger partial charge on any atom is 0.264 e. The molecule has 2 aromatic heterocycles. The van der Waals surface area contributed by atoms with Gasteiger partial charge >= 0.3 is 0 Å². The lowest BCUT2D eigenvalue weighted by Gasteiger charge is -2.49. The van der Waals surface area contributed by atoms with Crippen LogP contribution in [0.1, 0.15) is 53.2 Å². The number of aryl methyl sites for hydroxylation is 1. The number of alkyl halides is 3.